The van der Waals surface area contributed by atoms with Gasteiger partial charge in [0.15, 0.2) is 0 Å². The number of hydrogen-bond donors (Lipinski definition) is 2. The van der Waals surface area contributed by atoms with E-state index < -0.39 is 0 Å². The van der Waals surface area contributed by atoms with Gasteiger partial charge >= 0.3 is 6.09 Å². The zero-order valence-corrected chi connectivity index (χ0v) is 10.1. The summed E-state index contributed by atoms with van der Waals surface area (Å²) in [6, 6.07) is 3.66. The summed E-state index contributed by atoms with van der Waals surface area (Å²) in [5, 5.41) is 0. The SMILES string of the molecule is COC(=O)N1c2ccc(N)c(N)c2CC[C@@H]1C. The van der Waals surface area contributed by atoms with Gasteiger partial charge in [-0.25, -0.2) is 4.79 Å². The molecular formula is C12H17N3O2. The normalized spacial score (nSPS) is 18.7. The second-order valence-electron chi connectivity index (χ2n) is 4.29. The van der Waals surface area contributed by atoms with Crippen LogP contribution < -0.4 is 16.4 Å². The maximum Gasteiger partial charge on any atom is 0.414 e. The maximum atomic E-state index is 11.8. The predicted octanol–water partition coefficient (Wildman–Crippen LogP) is 1.76. The van der Waals surface area contributed by atoms with Gasteiger partial charge in [0.1, 0.15) is 0 Å². The van der Waals surface area contributed by atoms with Crippen molar-refractivity contribution >= 4 is 23.2 Å². The fourth-order valence-corrected chi connectivity index (χ4v) is 2.26. The summed E-state index contributed by atoms with van der Waals surface area (Å²) in [6.45, 7) is 1.99. The first-order valence-electron chi connectivity index (χ1n) is 5.60. The van der Waals surface area contributed by atoms with Crippen molar-refractivity contribution < 1.29 is 9.53 Å². The second-order valence-corrected chi connectivity index (χ2v) is 4.29. The summed E-state index contributed by atoms with van der Waals surface area (Å²) >= 11 is 0. The molecule has 5 nitrogen and oxygen atoms in total. The molecule has 17 heavy (non-hydrogen) atoms. The highest BCUT2D eigenvalue weighted by molar-refractivity contribution is 5.92. The van der Waals surface area contributed by atoms with E-state index in [1.54, 1.807) is 11.0 Å². The van der Waals surface area contributed by atoms with E-state index in [1.807, 2.05) is 13.0 Å². The minimum absolute atomic E-state index is 0.109. The molecule has 0 aliphatic carbocycles. The van der Waals surface area contributed by atoms with Crippen molar-refractivity contribution in [2.24, 2.45) is 0 Å². The monoisotopic (exact) mass is 235 g/mol. The van der Waals surface area contributed by atoms with Crippen LogP contribution in [0.1, 0.15) is 18.9 Å². The molecule has 0 saturated carbocycles. The molecule has 1 heterocycles. The number of fused-ring (bicyclic) bond motifs is 1. The van der Waals surface area contributed by atoms with Gasteiger partial charge in [0.2, 0.25) is 0 Å². The molecule has 0 radical (unpaired) electrons. The molecule has 5 heteroatoms. The Balaban J connectivity index is 2.52. The Kier molecular flexibility index (Phi) is 2.83. The number of nitrogen functional groups attached to an aromatic ring is 2. The molecule has 92 valence electrons. The molecule has 1 aliphatic rings. The van der Waals surface area contributed by atoms with Crippen molar-refractivity contribution in [1.29, 1.82) is 0 Å². The molecule has 4 N–H and O–H groups in total. The van der Waals surface area contributed by atoms with Crippen LogP contribution in [0.3, 0.4) is 0 Å². The van der Waals surface area contributed by atoms with Crippen LogP contribution in [0.25, 0.3) is 0 Å². The Bertz CT molecular complexity index is 459. The first-order chi connectivity index (χ1) is 8.06. The van der Waals surface area contributed by atoms with Crippen LogP contribution in [0.5, 0.6) is 0 Å². The lowest BCUT2D eigenvalue weighted by Crippen LogP contribution is -2.42. The van der Waals surface area contributed by atoms with Gasteiger partial charge in [-0.3, -0.25) is 4.90 Å². The number of rotatable bonds is 0. The highest BCUT2D eigenvalue weighted by atomic mass is 16.5. The first kappa shape index (κ1) is 11.6. The Hall–Kier alpha value is -1.91. The maximum absolute atomic E-state index is 11.8. The minimum atomic E-state index is -0.359. The highest BCUT2D eigenvalue weighted by Crippen LogP contribution is 2.37. The number of methoxy groups -OCH3 is 1. The van der Waals surface area contributed by atoms with Gasteiger partial charge in [-0.05, 0) is 31.9 Å². The van der Waals surface area contributed by atoms with Crippen LogP contribution in [0.15, 0.2) is 12.1 Å². The zero-order chi connectivity index (χ0) is 12.6. The molecule has 2 rings (SSSR count). The van der Waals surface area contributed by atoms with E-state index in [4.69, 9.17) is 16.2 Å². The third-order valence-electron chi connectivity index (χ3n) is 3.25. The Morgan fingerprint density at radius 1 is 1.47 bits per heavy atom. The summed E-state index contributed by atoms with van der Waals surface area (Å²) < 4.78 is 4.80. The molecule has 0 saturated heterocycles. The van der Waals surface area contributed by atoms with E-state index in [9.17, 15) is 4.79 Å². The van der Waals surface area contributed by atoms with Gasteiger partial charge in [0.25, 0.3) is 0 Å². The second kappa shape index (κ2) is 4.16. The Labute approximate surface area is 100 Å². The molecular weight excluding hydrogens is 218 g/mol. The van der Waals surface area contributed by atoms with Gasteiger partial charge in [-0.15, -0.1) is 0 Å². The summed E-state index contributed by atoms with van der Waals surface area (Å²) in [4.78, 5) is 13.4. The van der Waals surface area contributed by atoms with Gasteiger partial charge in [-0.1, -0.05) is 0 Å². The molecule has 0 aromatic heterocycles. The minimum Gasteiger partial charge on any atom is -0.452 e. The largest absolute Gasteiger partial charge is 0.452 e. The summed E-state index contributed by atoms with van der Waals surface area (Å²) in [7, 11) is 1.38. The number of nitrogens with two attached hydrogens (primary N) is 2. The van der Waals surface area contributed by atoms with Crippen LogP contribution in [0, 0.1) is 0 Å². The average Bonchev–Trinajstić information content (AvgIpc) is 2.33. The fraction of sp³-hybridized carbons (Fsp3) is 0.417. The lowest BCUT2D eigenvalue weighted by atomic mass is 9.95. The van der Waals surface area contributed by atoms with E-state index in [0.717, 1.165) is 24.1 Å². The average molecular weight is 235 g/mol. The summed E-state index contributed by atoms with van der Waals surface area (Å²) in [5.74, 6) is 0. The number of anilines is 3. The molecule has 1 atom stereocenters. The highest BCUT2D eigenvalue weighted by Gasteiger charge is 2.30. The van der Waals surface area contributed by atoms with E-state index in [0.29, 0.717) is 11.4 Å². The van der Waals surface area contributed by atoms with Crippen molar-refractivity contribution in [2.75, 3.05) is 23.5 Å². The standard InChI is InChI=1S/C12H17N3O2/c1-7-3-4-8-10(15(7)12(16)17-2)6-5-9(13)11(8)14/h5-7H,3-4,13-14H2,1-2H3/t7-/m0/s1. The van der Waals surface area contributed by atoms with Crippen LogP contribution in [0.2, 0.25) is 0 Å². The summed E-state index contributed by atoms with van der Waals surface area (Å²) in [6.07, 6.45) is 1.33. The van der Waals surface area contributed by atoms with Gasteiger partial charge in [0.05, 0.1) is 24.2 Å². The molecule has 1 aromatic rings. The lowest BCUT2D eigenvalue weighted by Gasteiger charge is -2.34. The molecule has 1 amide bonds. The molecule has 1 aliphatic heterocycles. The number of amides is 1. The fourth-order valence-electron chi connectivity index (χ4n) is 2.26. The van der Waals surface area contributed by atoms with Crippen molar-refractivity contribution in [2.45, 2.75) is 25.8 Å². The van der Waals surface area contributed by atoms with Gasteiger partial charge in [-0.2, -0.15) is 0 Å². The third kappa shape index (κ3) is 1.77. The van der Waals surface area contributed by atoms with Crippen molar-refractivity contribution in [3.63, 3.8) is 0 Å². The van der Waals surface area contributed by atoms with Crippen LogP contribution in [0.4, 0.5) is 21.9 Å². The van der Waals surface area contributed by atoms with Crippen molar-refractivity contribution in [1.82, 2.24) is 0 Å². The number of hydrogen-bond acceptors (Lipinski definition) is 4. The third-order valence-corrected chi connectivity index (χ3v) is 3.25. The van der Waals surface area contributed by atoms with Crippen LogP contribution in [-0.4, -0.2) is 19.2 Å². The molecule has 1 aromatic carbocycles. The topological polar surface area (TPSA) is 81.6 Å². The van der Waals surface area contributed by atoms with Crippen molar-refractivity contribution in [3.8, 4) is 0 Å². The van der Waals surface area contributed by atoms with Gasteiger partial charge < -0.3 is 16.2 Å². The molecule has 0 bridgehead atoms. The first-order valence-corrected chi connectivity index (χ1v) is 5.60. The number of benzene rings is 1. The Morgan fingerprint density at radius 2 is 2.18 bits per heavy atom. The number of nitrogens with zero attached hydrogens (tertiary/aromatic N) is 1. The smallest absolute Gasteiger partial charge is 0.414 e. The molecule has 0 fully saturated rings. The van der Waals surface area contributed by atoms with E-state index in [2.05, 4.69) is 0 Å². The van der Waals surface area contributed by atoms with E-state index in [-0.39, 0.29) is 12.1 Å². The van der Waals surface area contributed by atoms with Gasteiger partial charge in [0, 0.05) is 11.6 Å². The van der Waals surface area contributed by atoms with E-state index in [1.165, 1.54) is 7.11 Å². The summed E-state index contributed by atoms with van der Waals surface area (Å²) in [5.41, 5.74) is 14.6. The van der Waals surface area contributed by atoms with Crippen LogP contribution in [-0.2, 0) is 11.2 Å². The number of carbonyl (C=O) groups is 1. The number of carbonyl (C=O) groups excluding carboxylic acids is 1. The van der Waals surface area contributed by atoms with Crippen LogP contribution >= 0.6 is 0 Å². The zero-order valence-electron chi connectivity index (χ0n) is 10.1. The number of ether oxygens (including phenoxy) is 1. The molecule has 0 spiro atoms. The molecule has 0 unspecified atom stereocenters. The quantitative estimate of drug-likeness (QED) is 0.671. The predicted molar refractivity (Wildman–Crippen MR) is 67.9 cm³/mol. The Morgan fingerprint density at radius 3 is 2.82 bits per heavy atom. The van der Waals surface area contributed by atoms with Crippen molar-refractivity contribution in [3.05, 3.63) is 17.7 Å². The van der Waals surface area contributed by atoms with E-state index >= 15 is 0 Å². The lowest BCUT2D eigenvalue weighted by molar-refractivity contribution is 0.175.